The van der Waals surface area contributed by atoms with Crippen LogP contribution in [0.2, 0.25) is 0 Å². The van der Waals surface area contributed by atoms with Crippen LogP contribution in [0.5, 0.6) is 0 Å². The van der Waals surface area contributed by atoms with Crippen LogP contribution in [0.3, 0.4) is 0 Å². The lowest BCUT2D eigenvalue weighted by Crippen LogP contribution is -2.12. The molecule has 1 aromatic heterocycles. The van der Waals surface area contributed by atoms with E-state index in [1.54, 1.807) is 18.2 Å². The van der Waals surface area contributed by atoms with Gasteiger partial charge in [-0.15, -0.1) is 0 Å². The monoisotopic (exact) mass is 240 g/mol. The average molecular weight is 240 g/mol. The minimum Gasteiger partial charge on any atom is -0.292 e. The Balaban J connectivity index is 2.32. The van der Waals surface area contributed by atoms with E-state index in [2.05, 4.69) is 4.98 Å². The molecular weight excluding hydrogens is 231 g/mol. The molecule has 0 aliphatic heterocycles. The minimum atomic E-state index is -0.961. The van der Waals surface area contributed by atoms with E-state index in [1.165, 1.54) is 30.5 Å². The largest absolute Gasteiger partial charge is 0.292 e. The highest BCUT2D eigenvalue weighted by molar-refractivity contribution is 6.02. The van der Waals surface area contributed by atoms with Crippen LogP contribution in [0, 0.1) is 17.1 Å². The Labute approximate surface area is 104 Å². The molecule has 2 aromatic rings. The number of benzene rings is 1. The van der Waals surface area contributed by atoms with Crippen molar-refractivity contribution in [1.82, 2.24) is 4.98 Å². The van der Waals surface area contributed by atoms with Gasteiger partial charge in [-0.25, -0.2) is 4.39 Å². The molecule has 0 bridgehead atoms. The molecule has 18 heavy (non-hydrogen) atoms. The van der Waals surface area contributed by atoms with Gasteiger partial charge in [-0.2, -0.15) is 5.26 Å². The molecule has 0 aliphatic rings. The van der Waals surface area contributed by atoms with Crippen molar-refractivity contribution in [3.63, 3.8) is 0 Å². The van der Waals surface area contributed by atoms with Crippen molar-refractivity contribution < 1.29 is 9.18 Å². The van der Waals surface area contributed by atoms with Crippen LogP contribution in [-0.2, 0) is 0 Å². The van der Waals surface area contributed by atoms with E-state index in [9.17, 15) is 9.18 Å². The zero-order chi connectivity index (χ0) is 13.0. The van der Waals surface area contributed by atoms with Crippen LogP contribution in [0.15, 0.2) is 48.7 Å². The molecule has 4 heteroatoms. The molecule has 3 nitrogen and oxygen atoms in total. The predicted molar refractivity (Wildman–Crippen MR) is 63.3 cm³/mol. The summed E-state index contributed by atoms with van der Waals surface area (Å²) >= 11 is 0. The third-order valence-corrected chi connectivity index (χ3v) is 2.50. The Morgan fingerprint density at radius 1 is 1.22 bits per heavy atom. The summed E-state index contributed by atoms with van der Waals surface area (Å²) in [6, 6.07) is 12.1. The Morgan fingerprint density at radius 3 is 2.50 bits per heavy atom. The number of halogens is 1. The number of nitrogens with zero attached hydrogens (tertiary/aromatic N) is 2. The number of ketones is 1. The first-order valence-corrected chi connectivity index (χ1v) is 5.32. The second-order valence-electron chi connectivity index (χ2n) is 3.69. The van der Waals surface area contributed by atoms with Crippen molar-refractivity contribution in [2.24, 2.45) is 0 Å². The summed E-state index contributed by atoms with van der Waals surface area (Å²) in [5, 5.41) is 9.08. The number of pyridine rings is 1. The second-order valence-corrected chi connectivity index (χ2v) is 3.69. The molecule has 0 amide bonds. The van der Waals surface area contributed by atoms with E-state index in [1.807, 2.05) is 6.07 Å². The van der Waals surface area contributed by atoms with Crippen LogP contribution in [0.4, 0.5) is 4.39 Å². The molecule has 0 saturated carbocycles. The quantitative estimate of drug-likeness (QED) is 0.775. The van der Waals surface area contributed by atoms with Gasteiger partial charge in [-0.3, -0.25) is 9.78 Å². The number of carbonyl (C=O) groups is 1. The van der Waals surface area contributed by atoms with Gasteiger partial charge in [-0.05, 0) is 36.4 Å². The maximum absolute atomic E-state index is 12.8. The lowest BCUT2D eigenvalue weighted by Gasteiger charge is -2.07. The van der Waals surface area contributed by atoms with Gasteiger partial charge in [0.1, 0.15) is 5.82 Å². The predicted octanol–water partition coefficient (Wildman–Crippen LogP) is 2.71. The Bertz CT molecular complexity index is 587. The molecule has 1 unspecified atom stereocenters. The average Bonchev–Trinajstić information content (AvgIpc) is 2.41. The van der Waals surface area contributed by atoms with Crippen molar-refractivity contribution in [1.29, 1.82) is 5.26 Å². The van der Waals surface area contributed by atoms with Crippen LogP contribution >= 0.6 is 0 Å². The van der Waals surface area contributed by atoms with Crippen LogP contribution in [0.25, 0.3) is 0 Å². The second kappa shape index (κ2) is 5.19. The minimum absolute atomic E-state index is 0.300. The maximum Gasteiger partial charge on any atom is 0.186 e. The van der Waals surface area contributed by atoms with Gasteiger partial charge in [-0.1, -0.05) is 6.07 Å². The summed E-state index contributed by atoms with van der Waals surface area (Å²) in [5.41, 5.74) is 0.697. The molecule has 0 N–H and O–H groups in total. The fraction of sp³-hybridized carbons (Fsp3) is 0.0714. The van der Waals surface area contributed by atoms with Gasteiger partial charge in [0.2, 0.25) is 0 Å². The summed E-state index contributed by atoms with van der Waals surface area (Å²) in [5.74, 6) is -1.76. The SMILES string of the molecule is N#CC(C(=O)c1ccc(F)cc1)c1ccccn1. The summed E-state index contributed by atoms with van der Waals surface area (Å²) in [6.45, 7) is 0. The molecule has 0 radical (unpaired) electrons. The van der Waals surface area contributed by atoms with Crippen molar-refractivity contribution in [2.75, 3.05) is 0 Å². The zero-order valence-electron chi connectivity index (χ0n) is 9.38. The molecule has 0 spiro atoms. The summed E-state index contributed by atoms with van der Waals surface area (Å²) in [4.78, 5) is 16.1. The number of carbonyl (C=O) groups excluding carboxylic acids is 1. The molecule has 2 rings (SSSR count). The Morgan fingerprint density at radius 2 is 1.94 bits per heavy atom. The highest BCUT2D eigenvalue weighted by Gasteiger charge is 2.22. The smallest absolute Gasteiger partial charge is 0.186 e. The standard InChI is InChI=1S/C14H9FN2O/c15-11-6-4-10(5-7-11)14(18)12(9-16)13-3-1-2-8-17-13/h1-8,12H. The molecule has 0 saturated heterocycles. The molecule has 1 heterocycles. The van der Waals surface area contributed by atoms with Crippen molar-refractivity contribution in [3.05, 3.63) is 65.7 Å². The lowest BCUT2D eigenvalue weighted by atomic mass is 9.95. The fourth-order valence-corrected chi connectivity index (χ4v) is 1.59. The van der Waals surface area contributed by atoms with Gasteiger partial charge in [0.15, 0.2) is 11.7 Å². The molecule has 1 atom stereocenters. The van der Waals surface area contributed by atoms with E-state index in [0.29, 0.717) is 11.3 Å². The third kappa shape index (κ3) is 2.41. The molecule has 0 aliphatic carbocycles. The lowest BCUT2D eigenvalue weighted by molar-refractivity contribution is 0.0977. The molecule has 1 aromatic carbocycles. The number of Topliss-reactive ketones (excluding diaryl/α,β-unsaturated/α-hetero) is 1. The summed E-state index contributed by atoms with van der Waals surface area (Å²) in [6.07, 6.45) is 1.53. The number of aromatic nitrogens is 1. The first kappa shape index (κ1) is 11.9. The van der Waals surface area contributed by atoms with E-state index >= 15 is 0 Å². The normalized spacial score (nSPS) is 11.6. The Hall–Kier alpha value is -2.54. The van der Waals surface area contributed by atoms with Gasteiger partial charge in [0.05, 0.1) is 11.8 Å². The molecule has 88 valence electrons. The molecular formula is C14H9FN2O. The van der Waals surface area contributed by atoms with Crippen molar-refractivity contribution in [2.45, 2.75) is 5.92 Å². The number of hydrogen-bond acceptors (Lipinski definition) is 3. The van der Waals surface area contributed by atoms with Gasteiger partial charge in [0.25, 0.3) is 0 Å². The topological polar surface area (TPSA) is 53.8 Å². The zero-order valence-corrected chi connectivity index (χ0v) is 9.38. The summed E-state index contributed by atoms with van der Waals surface area (Å²) < 4.78 is 12.8. The van der Waals surface area contributed by atoms with E-state index in [0.717, 1.165) is 0 Å². The van der Waals surface area contributed by atoms with Gasteiger partial charge >= 0.3 is 0 Å². The number of rotatable bonds is 3. The van der Waals surface area contributed by atoms with Crippen LogP contribution in [-0.4, -0.2) is 10.8 Å². The number of hydrogen-bond donors (Lipinski definition) is 0. The summed E-state index contributed by atoms with van der Waals surface area (Å²) in [7, 11) is 0. The highest BCUT2D eigenvalue weighted by atomic mass is 19.1. The first-order chi connectivity index (χ1) is 8.72. The van der Waals surface area contributed by atoms with E-state index < -0.39 is 11.7 Å². The molecule has 0 fully saturated rings. The Kier molecular flexibility index (Phi) is 3.44. The highest BCUT2D eigenvalue weighted by Crippen LogP contribution is 2.18. The van der Waals surface area contributed by atoms with E-state index in [-0.39, 0.29) is 5.78 Å². The fourth-order valence-electron chi connectivity index (χ4n) is 1.59. The maximum atomic E-state index is 12.8. The third-order valence-electron chi connectivity index (χ3n) is 2.50. The van der Waals surface area contributed by atoms with Gasteiger partial charge in [0, 0.05) is 11.8 Å². The van der Waals surface area contributed by atoms with Crippen molar-refractivity contribution in [3.8, 4) is 6.07 Å². The van der Waals surface area contributed by atoms with Crippen molar-refractivity contribution >= 4 is 5.78 Å². The van der Waals surface area contributed by atoms with E-state index in [4.69, 9.17) is 5.26 Å². The van der Waals surface area contributed by atoms with Crippen LogP contribution < -0.4 is 0 Å². The van der Waals surface area contributed by atoms with Gasteiger partial charge < -0.3 is 0 Å². The first-order valence-electron chi connectivity index (χ1n) is 5.32. The number of nitriles is 1. The van der Waals surface area contributed by atoms with Crippen LogP contribution in [0.1, 0.15) is 22.0 Å².